The lowest BCUT2D eigenvalue weighted by Crippen LogP contribution is -2.14. The largest absolute Gasteiger partial charge is 0.360 e. The number of sulfonamides is 1. The molecule has 2 rings (SSSR count). The number of nitrogens with zero attached hydrogens (tertiary/aromatic N) is 1. The van der Waals surface area contributed by atoms with Gasteiger partial charge >= 0.3 is 0 Å². The molecule has 1 aromatic heterocycles. The van der Waals surface area contributed by atoms with Crippen molar-refractivity contribution in [1.82, 2.24) is 5.16 Å². The molecule has 0 saturated heterocycles. The molecule has 114 valence electrons. The Balaban J connectivity index is 2.25. The lowest BCUT2D eigenvalue weighted by Gasteiger charge is -2.11. The normalized spacial score (nSPS) is 13.1. The van der Waals surface area contributed by atoms with Gasteiger partial charge in [-0.3, -0.25) is 4.72 Å². The fourth-order valence-electron chi connectivity index (χ4n) is 2.18. The van der Waals surface area contributed by atoms with Crippen LogP contribution in [0.5, 0.6) is 0 Å². The van der Waals surface area contributed by atoms with Crippen molar-refractivity contribution < 1.29 is 12.9 Å². The van der Waals surface area contributed by atoms with Crippen molar-refractivity contribution in [3.8, 4) is 0 Å². The Bertz CT molecular complexity index is 698. The molecule has 1 aromatic carbocycles. The Kier molecular flexibility index (Phi) is 4.37. The number of nitrogens with one attached hydrogen (secondary N) is 1. The highest BCUT2D eigenvalue weighted by molar-refractivity contribution is 7.92. The molecular formula is C15H20N2O3S. The van der Waals surface area contributed by atoms with Crippen molar-refractivity contribution in [2.24, 2.45) is 0 Å². The molecule has 5 nitrogen and oxygen atoms in total. The van der Waals surface area contributed by atoms with Crippen molar-refractivity contribution >= 4 is 15.7 Å². The van der Waals surface area contributed by atoms with E-state index in [1.54, 1.807) is 26.0 Å². The summed E-state index contributed by atoms with van der Waals surface area (Å²) < 4.78 is 32.2. The van der Waals surface area contributed by atoms with E-state index in [2.05, 4.69) is 23.7 Å². The molecule has 0 aliphatic heterocycles. The van der Waals surface area contributed by atoms with Crippen LogP contribution in [0.3, 0.4) is 0 Å². The summed E-state index contributed by atoms with van der Waals surface area (Å²) in [5, 5.41) is 3.68. The summed E-state index contributed by atoms with van der Waals surface area (Å²) in [6.07, 6.45) is 1.05. The molecule has 0 amide bonds. The highest BCUT2D eigenvalue weighted by atomic mass is 32.2. The number of hydrogen-bond acceptors (Lipinski definition) is 4. The second-order valence-corrected chi connectivity index (χ2v) is 6.81. The molecule has 0 unspecified atom stereocenters. The van der Waals surface area contributed by atoms with Crippen LogP contribution in [0.15, 0.2) is 33.7 Å². The van der Waals surface area contributed by atoms with Crippen LogP contribution >= 0.6 is 0 Å². The van der Waals surface area contributed by atoms with Crippen molar-refractivity contribution in [1.29, 1.82) is 0 Å². The van der Waals surface area contributed by atoms with E-state index in [-0.39, 0.29) is 10.7 Å². The smallest absolute Gasteiger partial charge is 0.267 e. The van der Waals surface area contributed by atoms with Gasteiger partial charge in [-0.05, 0) is 43.9 Å². The van der Waals surface area contributed by atoms with Crippen molar-refractivity contribution in [2.75, 3.05) is 4.72 Å². The molecule has 0 bridgehead atoms. The van der Waals surface area contributed by atoms with E-state index >= 15 is 0 Å². The zero-order valence-electron chi connectivity index (χ0n) is 12.7. The number of hydrogen-bond donors (Lipinski definition) is 1. The Hall–Kier alpha value is -1.82. The summed E-state index contributed by atoms with van der Waals surface area (Å²) in [7, 11) is -3.68. The minimum Gasteiger partial charge on any atom is -0.360 e. The molecule has 0 radical (unpaired) electrons. The van der Waals surface area contributed by atoms with E-state index in [4.69, 9.17) is 4.52 Å². The molecule has 0 saturated carbocycles. The van der Waals surface area contributed by atoms with E-state index in [1.807, 2.05) is 12.1 Å². The summed E-state index contributed by atoms with van der Waals surface area (Å²) in [4.78, 5) is 0.105. The first-order valence-electron chi connectivity index (χ1n) is 6.90. The van der Waals surface area contributed by atoms with Crippen LogP contribution in [0, 0.1) is 13.8 Å². The fourth-order valence-corrected chi connectivity index (χ4v) is 3.57. The van der Waals surface area contributed by atoms with Crippen LogP contribution in [0.25, 0.3) is 0 Å². The van der Waals surface area contributed by atoms with Crippen LogP contribution in [0.4, 0.5) is 5.69 Å². The molecule has 1 heterocycles. The lowest BCUT2D eigenvalue weighted by molar-refractivity contribution is 0.390. The van der Waals surface area contributed by atoms with E-state index in [0.29, 0.717) is 17.3 Å². The standard InChI is InChI=1S/C15H20N2O3S/c1-5-10(2)13-6-8-14(9-7-13)17-21(18,19)15-11(3)16-20-12(15)4/h6-10,17H,5H2,1-4H3/t10-/m1/s1. The number of aryl methyl sites for hydroxylation is 2. The van der Waals surface area contributed by atoms with Crippen molar-refractivity contribution in [3.63, 3.8) is 0 Å². The average molecular weight is 308 g/mol. The quantitative estimate of drug-likeness (QED) is 0.916. The Morgan fingerprint density at radius 1 is 1.24 bits per heavy atom. The maximum atomic E-state index is 12.4. The van der Waals surface area contributed by atoms with E-state index in [1.165, 1.54) is 5.56 Å². The minimum atomic E-state index is -3.68. The molecule has 0 aliphatic rings. The maximum Gasteiger partial charge on any atom is 0.267 e. The van der Waals surface area contributed by atoms with E-state index in [0.717, 1.165) is 6.42 Å². The Labute approximate surface area is 125 Å². The molecule has 21 heavy (non-hydrogen) atoms. The van der Waals surface area contributed by atoms with Crippen LogP contribution in [-0.2, 0) is 10.0 Å². The highest BCUT2D eigenvalue weighted by Gasteiger charge is 2.24. The number of anilines is 1. The summed E-state index contributed by atoms with van der Waals surface area (Å²) >= 11 is 0. The number of rotatable bonds is 5. The third-order valence-electron chi connectivity index (χ3n) is 3.58. The highest BCUT2D eigenvalue weighted by Crippen LogP contribution is 2.24. The lowest BCUT2D eigenvalue weighted by atomic mass is 9.99. The van der Waals surface area contributed by atoms with Gasteiger partial charge in [0.05, 0.1) is 0 Å². The van der Waals surface area contributed by atoms with Gasteiger partial charge in [-0.25, -0.2) is 8.42 Å². The molecular weight excluding hydrogens is 288 g/mol. The van der Waals surface area contributed by atoms with Gasteiger partial charge in [0.2, 0.25) is 0 Å². The molecule has 1 atom stereocenters. The van der Waals surface area contributed by atoms with Gasteiger partial charge in [0.15, 0.2) is 10.7 Å². The molecule has 0 aliphatic carbocycles. The Morgan fingerprint density at radius 3 is 2.33 bits per heavy atom. The molecule has 2 aromatic rings. The predicted octanol–water partition coefficient (Wildman–Crippen LogP) is 3.61. The summed E-state index contributed by atoms with van der Waals surface area (Å²) in [5.74, 6) is 0.745. The third kappa shape index (κ3) is 3.26. The maximum absolute atomic E-state index is 12.4. The topological polar surface area (TPSA) is 72.2 Å². The van der Waals surface area contributed by atoms with Gasteiger partial charge in [0.1, 0.15) is 5.69 Å². The zero-order chi connectivity index (χ0) is 15.6. The molecule has 0 spiro atoms. The minimum absolute atomic E-state index is 0.105. The SMILES string of the molecule is CC[C@@H](C)c1ccc(NS(=O)(=O)c2c(C)noc2C)cc1. The summed E-state index contributed by atoms with van der Waals surface area (Å²) in [6, 6.07) is 7.44. The first kappa shape index (κ1) is 15.6. The Morgan fingerprint density at radius 2 is 1.86 bits per heavy atom. The first-order valence-corrected chi connectivity index (χ1v) is 8.39. The van der Waals surface area contributed by atoms with Crippen LogP contribution in [0.2, 0.25) is 0 Å². The van der Waals surface area contributed by atoms with Gasteiger partial charge < -0.3 is 4.52 Å². The number of benzene rings is 1. The average Bonchev–Trinajstić information content (AvgIpc) is 2.78. The predicted molar refractivity (Wildman–Crippen MR) is 81.9 cm³/mol. The van der Waals surface area contributed by atoms with Gasteiger partial charge in [-0.1, -0.05) is 31.1 Å². The van der Waals surface area contributed by atoms with Gasteiger partial charge in [-0.15, -0.1) is 0 Å². The van der Waals surface area contributed by atoms with E-state index < -0.39 is 10.0 Å². The second-order valence-electron chi connectivity index (χ2n) is 5.19. The van der Waals surface area contributed by atoms with Gasteiger partial charge in [0.25, 0.3) is 10.0 Å². The zero-order valence-corrected chi connectivity index (χ0v) is 13.5. The van der Waals surface area contributed by atoms with Gasteiger partial charge in [-0.2, -0.15) is 0 Å². The van der Waals surface area contributed by atoms with E-state index in [9.17, 15) is 8.42 Å². The molecule has 1 N–H and O–H groups in total. The monoisotopic (exact) mass is 308 g/mol. The summed E-state index contributed by atoms with van der Waals surface area (Å²) in [6.45, 7) is 7.46. The second kappa shape index (κ2) is 5.89. The summed E-state index contributed by atoms with van der Waals surface area (Å²) in [5.41, 5.74) is 2.08. The fraction of sp³-hybridized carbons (Fsp3) is 0.400. The molecule has 0 fully saturated rings. The van der Waals surface area contributed by atoms with Crippen LogP contribution in [-0.4, -0.2) is 13.6 Å². The number of aromatic nitrogens is 1. The molecule has 6 heteroatoms. The van der Waals surface area contributed by atoms with Crippen molar-refractivity contribution in [2.45, 2.75) is 44.9 Å². The third-order valence-corrected chi connectivity index (χ3v) is 5.21. The van der Waals surface area contributed by atoms with Crippen LogP contribution in [0.1, 0.15) is 43.2 Å². The van der Waals surface area contributed by atoms with Crippen molar-refractivity contribution in [3.05, 3.63) is 41.3 Å². The first-order chi connectivity index (χ1) is 9.85. The van der Waals surface area contributed by atoms with Crippen LogP contribution < -0.4 is 4.72 Å². The van der Waals surface area contributed by atoms with Gasteiger partial charge in [0, 0.05) is 5.69 Å².